The highest BCUT2D eigenvalue weighted by atomic mass is 32.2. The molecule has 1 heterocycles. The standard InChI is InChI=1S/C15H29N3O4S/c1-13-5-3-4-6-14(13)22-12-7-16-15(19)17-8-10-18(11-9-17)23(2,20)21/h13-14H,3-12H2,1-2H3,(H,16,19). The molecular weight excluding hydrogens is 318 g/mol. The van der Waals surface area contributed by atoms with Crippen LogP contribution in [0.15, 0.2) is 0 Å². The van der Waals surface area contributed by atoms with E-state index in [2.05, 4.69) is 12.2 Å². The SMILES string of the molecule is CC1CCCCC1OCCNC(=O)N1CCN(S(C)(=O)=O)CC1. The van der Waals surface area contributed by atoms with Gasteiger partial charge in [-0.2, -0.15) is 4.31 Å². The van der Waals surface area contributed by atoms with Crippen LogP contribution in [0.1, 0.15) is 32.6 Å². The number of carbonyl (C=O) groups is 1. The number of carbonyl (C=O) groups excluding carboxylic acids is 1. The minimum Gasteiger partial charge on any atom is -0.376 e. The van der Waals surface area contributed by atoms with Crippen molar-refractivity contribution in [3.05, 3.63) is 0 Å². The quantitative estimate of drug-likeness (QED) is 0.749. The van der Waals surface area contributed by atoms with E-state index in [1.807, 2.05) is 0 Å². The van der Waals surface area contributed by atoms with Crippen LogP contribution in [0.4, 0.5) is 4.79 Å². The van der Waals surface area contributed by atoms with Crippen molar-refractivity contribution in [1.29, 1.82) is 0 Å². The predicted molar refractivity (Wildman–Crippen MR) is 88.8 cm³/mol. The number of nitrogens with zero attached hydrogens (tertiary/aromatic N) is 2. The summed E-state index contributed by atoms with van der Waals surface area (Å²) in [7, 11) is -3.16. The molecule has 1 saturated carbocycles. The summed E-state index contributed by atoms with van der Waals surface area (Å²) in [5, 5.41) is 2.85. The highest BCUT2D eigenvalue weighted by molar-refractivity contribution is 7.88. The third-order valence-electron chi connectivity index (χ3n) is 4.74. The van der Waals surface area contributed by atoms with Gasteiger partial charge in [0.05, 0.1) is 19.0 Å². The van der Waals surface area contributed by atoms with Crippen molar-refractivity contribution < 1.29 is 17.9 Å². The summed E-state index contributed by atoms with van der Waals surface area (Å²) in [6.45, 7) is 4.84. The van der Waals surface area contributed by atoms with Gasteiger partial charge in [0.2, 0.25) is 10.0 Å². The van der Waals surface area contributed by atoms with E-state index in [0.29, 0.717) is 51.4 Å². The molecule has 23 heavy (non-hydrogen) atoms. The van der Waals surface area contributed by atoms with E-state index in [9.17, 15) is 13.2 Å². The number of urea groups is 1. The van der Waals surface area contributed by atoms with E-state index < -0.39 is 10.0 Å². The Balaban J connectivity index is 1.62. The number of rotatable bonds is 5. The third-order valence-corrected chi connectivity index (χ3v) is 6.04. The Labute approximate surface area is 139 Å². The second kappa shape index (κ2) is 8.30. The van der Waals surface area contributed by atoms with Crippen LogP contribution < -0.4 is 5.32 Å². The molecule has 2 unspecified atom stereocenters. The number of hydrogen-bond acceptors (Lipinski definition) is 4. The van der Waals surface area contributed by atoms with Crippen LogP contribution in [0, 0.1) is 5.92 Å². The van der Waals surface area contributed by atoms with E-state index >= 15 is 0 Å². The van der Waals surface area contributed by atoms with E-state index in [1.165, 1.54) is 29.8 Å². The van der Waals surface area contributed by atoms with Crippen molar-refractivity contribution in [2.75, 3.05) is 45.6 Å². The van der Waals surface area contributed by atoms with Gasteiger partial charge in [0.15, 0.2) is 0 Å². The van der Waals surface area contributed by atoms with Crippen molar-refractivity contribution >= 4 is 16.1 Å². The number of amides is 2. The Bertz CT molecular complexity index is 489. The highest BCUT2D eigenvalue weighted by Crippen LogP contribution is 2.25. The number of hydrogen-bond donors (Lipinski definition) is 1. The van der Waals surface area contributed by atoms with Gasteiger partial charge in [-0.3, -0.25) is 0 Å². The maximum atomic E-state index is 12.1. The zero-order chi connectivity index (χ0) is 16.9. The van der Waals surface area contributed by atoms with Crippen molar-refractivity contribution in [3.63, 3.8) is 0 Å². The second-order valence-corrected chi connectivity index (χ2v) is 8.53. The van der Waals surface area contributed by atoms with Gasteiger partial charge in [0.25, 0.3) is 0 Å². The van der Waals surface area contributed by atoms with Gasteiger partial charge in [-0.05, 0) is 18.8 Å². The molecule has 1 aliphatic heterocycles. The van der Waals surface area contributed by atoms with Crippen molar-refractivity contribution in [2.45, 2.75) is 38.7 Å². The Hall–Kier alpha value is -0.860. The number of ether oxygens (including phenoxy) is 1. The Morgan fingerprint density at radius 2 is 1.83 bits per heavy atom. The Morgan fingerprint density at radius 3 is 2.43 bits per heavy atom. The summed E-state index contributed by atoms with van der Waals surface area (Å²) in [5.74, 6) is 0.600. The number of sulfonamides is 1. The largest absolute Gasteiger partial charge is 0.376 e. The maximum absolute atomic E-state index is 12.1. The molecule has 7 nitrogen and oxygen atoms in total. The predicted octanol–water partition coefficient (Wildman–Crippen LogP) is 0.869. The van der Waals surface area contributed by atoms with Crippen LogP contribution >= 0.6 is 0 Å². The van der Waals surface area contributed by atoms with Crippen LogP contribution in [0.25, 0.3) is 0 Å². The lowest BCUT2D eigenvalue weighted by Crippen LogP contribution is -2.53. The summed E-state index contributed by atoms with van der Waals surface area (Å²) in [5.41, 5.74) is 0. The van der Waals surface area contributed by atoms with Gasteiger partial charge < -0.3 is 15.0 Å². The topological polar surface area (TPSA) is 79.0 Å². The molecule has 2 atom stereocenters. The first-order chi connectivity index (χ1) is 10.9. The molecule has 0 aromatic carbocycles. The van der Waals surface area contributed by atoms with Gasteiger partial charge in [0.1, 0.15) is 0 Å². The third kappa shape index (κ3) is 5.61. The molecule has 8 heteroatoms. The molecule has 2 fully saturated rings. The normalized spacial score (nSPS) is 27.0. The summed E-state index contributed by atoms with van der Waals surface area (Å²) < 4.78 is 30.2. The van der Waals surface area contributed by atoms with Crippen LogP contribution in [0.2, 0.25) is 0 Å². The number of nitrogens with one attached hydrogen (secondary N) is 1. The average molecular weight is 347 g/mol. The molecular formula is C15H29N3O4S. The maximum Gasteiger partial charge on any atom is 0.317 e. The van der Waals surface area contributed by atoms with Crippen molar-refractivity contribution in [1.82, 2.24) is 14.5 Å². The van der Waals surface area contributed by atoms with Gasteiger partial charge in [-0.25, -0.2) is 13.2 Å². The molecule has 0 aromatic heterocycles. The first kappa shape index (κ1) is 18.5. The molecule has 1 saturated heterocycles. The molecule has 1 N–H and O–H groups in total. The molecule has 0 spiro atoms. The smallest absolute Gasteiger partial charge is 0.317 e. The summed E-state index contributed by atoms with van der Waals surface area (Å²) in [6.07, 6.45) is 6.37. The molecule has 2 rings (SSSR count). The van der Waals surface area contributed by atoms with Crippen molar-refractivity contribution in [2.24, 2.45) is 5.92 Å². The molecule has 0 radical (unpaired) electrons. The summed E-state index contributed by atoms with van der Waals surface area (Å²) in [6, 6.07) is -0.140. The van der Waals surface area contributed by atoms with Gasteiger partial charge in [-0.15, -0.1) is 0 Å². The Morgan fingerprint density at radius 1 is 1.17 bits per heavy atom. The minimum absolute atomic E-state index is 0.140. The minimum atomic E-state index is -3.16. The van der Waals surface area contributed by atoms with Crippen LogP contribution in [0.3, 0.4) is 0 Å². The fourth-order valence-corrected chi connectivity index (χ4v) is 4.06. The molecule has 2 amide bonds. The summed E-state index contributed by atoms with van der Waals surface area (Å²) >= 11 is 0. The lowest BCUT2D eigenvalue weighted by Gasteiger charge is -2.33. The lowest BCUT2D eigenvalue weighted by molar-refractivity contribution is -0.00277. The van der Waals surface area contributed by atoms with E-state index in [4.69, 9.17) is 4.74 Å². The highest BCUT2D eigenvalue weighted by Gasteiger charge is 2.26. The molecule has 0 aromatic rings. The molecule has 134 valence electrons. The molecule has 0 bridgehead atoms. The zero-order valence-electron chi connectivity index (χ0n) is 14.2. The lowest BCUT2D eigenvalue weighted by atomic mass is 9.88. The van der Waals surface area contributed by atoms with Crippen LogP contribution in [0.5, 0.6) is 0 Å². The van der Waals surface area contributed by atoms with Gasteiger partial charge >= 0.3 is 6.03 Å². The zero-order valence-corrected chi connectivity index (χ0v) is 15.0. The van der Waals surface area contributed by atoms with Gasteiger partial charge in [0, 0.05) is 32.7 Å². The van der Waals surface area contributed by atoms with E-state index in [1.54, 1.807) is 4.90 Å². The molecule has 1 aliphatic carbocycles. The fraction of sp³-hybridized carbons (Fsp3) is 0.933. The van der Waals surface area contributed by atoms with Crippen LogP contribution in [-0.4, -0.2) is 75.3 Å². The Kier molecular flexibility index (Phi) is 6.67. The van der Waals surface area contributed by atoms with E-state index in [0.717, 1.165) is 6.42 Å². The first-order valence-electron chi connectivity index (χ1n) is 8.47. The molecule has 2 aliphatic rings. The van der Waals surface area contributed by atoms with Gasteiger partial charge in [-0.1, -0.05) is 19.8 Å². The number of piperazine rings is 1. The second-order valence-electron chi connectivity index (χ2n) is 6.55. The fourth-order valence-electron chi connectivity index (χ4n) is 3.23. The first-order valence-corrected chi connectivity index (χ1v) is 10.3. The van der Waals surface area contributed by atoms with Crippen LogP contribution in [-0.2, 0) is 14.8 Å². The monoisotopic (exact) mass is 347 g/mol. The van der Waals surface area contributed by atoms with E-state index in [-0.39, 0.29) is 6.03 Å². The average Bonchev–Trinajstić information content (AvgIpc) is 2.52. The summed E-state index contributed by atoms with van der Waals surface area (Å²) in [4.78, 5) is 13.7. The van der Waals surface area contributed by atoms with Crippen molar-refractivity contribution in [3.8, 4) is 0 Å².